The zero-order valence-corrected chi connectivity index (χ0v) is 62.3. The molecule has 668 valence electrons. The summed E-state index contributed by atoms with van der Waals surface area (Å²) in [5.74, 6) is -15.5. The van der Waals surface area contributed by atoms with E-state index in [1.54, 1.807) is 0 Å². The summed E-state index contributed by atoms with van der Waals surface area (Å²) in [7, 11) is 0. The van der Waals surface area contributed by atoms with E-state index in [0.29, 0.717) is 0 Å². The number of hydrogen-bond donors (Lipinski definition) is 30. The van der Waals surface area contributed by atoms with Crippen molar-refractivity contribution < 1.29 is 232 Å². The van der Waals surface area contributed by atoms with Gasteiger partial charge in [0.05, 0.1) is 77.1 Å². The van der Waals surface area contributed by atoms with Gasteiger partial charge in [-0.1, -0.05) is 0 Å². The second-order valence-corrected chi connectivity index (χ2v) is 28.9. The predicted octanol–water partition coefficient (Wildman–Crippen LogP) is -19.3. The maximum Gasteiger partial charge on any atom is 0.364 e. The summed E-state index contributed by atoms with van der Waals surface area (Å²) >= 11 is 0. The van der Waals surface area contributed by atoms with Crippen molar-refractivity contribution in [3.63, 3.8) is 0 Å². The fraction of sp³-hybridized carbons (Fsp3) is 0.891. The Morgan fingerprint density at radius 2 is 0.664 bits per heavy atom. The minimum Gasteiger partial charge on any atom is -0.477 e. The van der Waals surface area contributed by atoms with Gasteiger partial charge in [-0.2, -0.15) is 0 Å². The minimum atomic E-state index is -3.30. The summed E-state index contributed by atoms with van der Waals surface area (Å²) < 4.78 is 87.3. The molecule has 52 nitrogen and oxygen atoms in total. The predicted molar refractivity (Wildman–Crippen MR) is 357 cm³/mol. The monoisotopic (exact) mass is 1700 g/mol. The number of carboxylic acid groups (broad SMARTS) is 2. The van der Waals surface area contributed by atoms with Gasteiger partial charge < -0.3 is 225 Å². The van der Waals surface area contributed by atoms with Gasteiger partial charge in [0.2, 0.25) is 29.5 Å². The van der Waals surface area contributed by atoms with Crippen molar-refractivity contribution in [3.05, 3.63) is 0 Å². The van der Waals surface area contributed by atoms with Crippen LogP contribution < -0.4 is 26.6 Å². The Morgan fingerprint density at radius 3 is 1.04 bits per heavy atom. The Bertz CT molecular complexity index is 3240. The van der Waals surface area contributed by atoms with E-state index in [1.165, 1.54) is 0 Å². The van der Waals surface area contributed by atoms with E-state index in [4.69, 9.17) is 71.1 Å². The number of carbonyl (C=O) groups excluding carboxylic acids is 5. The zero-order chi connectivity index (χ0) is 86.3. The maximum absolute atomic E-state index is 13.2. The van der Waals surface area contributed by atoms with Gasteiger partial charge in [0.15, 0.2) is 37.7 Å². The first-order valence-electron chi connectivity index (χ1n) is 36.4. The summed E-state index contributed by atoms with van der Waals surface area (Å²) in [4.78, 5) is 89.5. The number of nitrogens with one attached hydrogen (secondary N) is 5. The van der Waals surface area contributed by atoms with Crippen LogP contribution in [0.3, 0.4) is 0 Å². The average Bonchev–Trinajstić information content (AvgIpc) is 0.775. The SMILES string of the molecule is CC(=O)N[C@H]1[C@H](OC[C@H]2OC(O)[C@H](NC(C)=O)[C@@H](O[C@@H]3O[C@H](CO)[C@H](O)[C@H](O[C@@H]4O[C@H](CO)[C@@H](O)[C@H](O[C@@H]5O[C@H](CO)[C@H](O)[C@H](O[C@]6(C(=O)O)C[C@H](O)[C@@H](NC(C)=O)[C@H]([C@H](O)[C@H](O)CO)O6)[C@H]5O)[C@H]4NC(C)=O)[C@H]3O)[C@H]2O)O[C@H](CO)[C@@H](O[C@@H]2O[C@H](CO)[C@H](O)[C@H](O[C@]3(C(=O)O)C[C@H](O)[C@@H](NC(C)=O)[C@H]([C@H](O)[C@H](O)CO)O3)[C@H]2O)[C@@H]1O. The highest BCUT2D eigenvalue weighted by molar-refractivity contribution is 5.78. The summed E-state index contributed by atoms with van der Waals surface area (Å²) in [6, 6.07) is -9.28. The van der Waals surface area contributed by atoms with E-state index in [9.17, 15) is 161 Å². The first-order chi connectivity index (χ1) is 54.5. The minimum absolute atomic E-state index is 0.859. The van der Waals surface area contributed by atoms with Crippen molar-refractivity contribution in [1.29, 1.82) is 0 Å². The number of aliphatic hydroxyl groups excluding tert-OH is 23. The van der Waals surface area contributed by atoms with Gasteiger partial charge in [0.1, 0.15) is 183 Å². The van der Waals surface area contributed by atoms with Crippen LogP contribution in [-0.4, -0.2) is 479 Å². The van der Waals surface area contributed by atoms with Crippen LogP contribution in [0.1, 0.15) is 47.5 Å². The number of rotatable bonds is 33. The Balaban J connectivity index is 1.01. The van der Waals surface area contributed by atoms with E-state index in [1.807, 2.05) is 0 Å². The molecular formula is C64H105N5O47. The molecule has 42 atom stereocenters. The van der Waals surface area contributed by atoms with Crippen LogP contribution in [0.25, 0.3) is 0 Å². The topological polar surface area (TPSA) is 824 Å². The number of amides is 5. The van der Waals surface area contributed by atoms with E-state index in [0.717, 1.165) is 34.6 Å². The number of aliphatic hydroxyl groups is 23. The second kappa shape index (κ2) is 41.1. The molecule has 8 aliphatic heterocycles. The molecule has 0 aromatic heterocycles. The molecule has 0 aromatic carbocycles. The molecule has 0 aromatic rings. The highest BCUT2D eigenvalue weighted by Gasteiger charge is 2.64. The Morgan fingerprint density at radius 1 is 0.353 bits per heavy atom. The molecule has 0 radical (unpaired) electrons. The third kappa shape index (κ3) is 21.3. The molecule has 8 rings (SSSR count). The van der Waals surface area contributed by atoms with E-state index >= 15 is 0 Å². The quantitative estimate of drug-likeness (QED) is 0.0290. The lowest BCUT2D eigenvalue weighted by atomic mass is 9.88. The van der Waals surface area contributed by atoms with Crippen LogP contribution in [0.2, 0.25) is 0 Å². The third-order valence-corrected chi connectivity index (χ3v) is 20.6. The van der Waals surface area contributed by atoms with E-state index < -0.39 is 364 Å². The molecule has 0 bridgehead atoms. The van der Waals surface area contributed by atoms with Crippen LogP contribution in [-0.2, 0) is 105 Å². The standard InChI is InChI=1S/C64H105N5O47/c1-16(77)65-31-21(82)6-63(61(98)99,113-50(31)36(86)23(84)8-70)115-53-40(90)27(12-74)106-59(45(53)95)109-47-29(14-76)108-56(33(43(47)93)67-18(3)79)102-15-30-42(92)48(34(55(97)103-30)68-19(4)80)110-58-44(94)52(39(89)26(11-73)105-58)112-57-35(69-20(5)81)49(38(88)25(10-72)104-57)111-60-46(96)54(41(91)28(13-75)107-60)116-64(62(100)101)7-22(83)32(66-17(2)78)51(114-64)37(87)24(85)9-71/h21-60,70-76,82-97H,6-15H2,1-5H3,(H,65,77)(H,66,78)(H,67,79)(H,68,80)(H,69,81)(H,98,99)(H,100,101)/t21-,22-,23+,24+,25+,26+,27+,28+,29+,30+,31+,32+,33+,34+,35+,36+,37+,38+,39-,40-,41-,42-,43+,44+,45+,46+,47+,48+,49+,50+,51+,52-,53-,54-,55?,56+,57-,58-,59-,60-,63-,64-/m0/s1. The largest absolute Gasteiger partial charge is 0.477 e. The molecule has 0 saturated carbocycles. The fourth-order valence-corrected chi connectivity index (χ4v) is 14.8. The molecular weight excluding hydrogens is 1590 g/mol. The van der Waals surface area contributed by atoms with Gasteiger partial charge in [0.25, 0.3) is 11.6 Å². The van der Waals surface area contributed by atoms with Gasteiger partial charge in [-0.15, -0.1) is 0 Å². The molecule has 8 saturated heterocycles. The van der Waals surface area contributed by atoms with E-state index in [-0.39, 0.29) is 0 Å². The van der Waals surface area contributed by atoms with Crippen LogP contribution in [0.5, 0.6) is 0 Å². The summed E-state index contributed by atoms with van der Waals surface area (Å²) in [5.41, 5.74) is 0. The fourth-order valence-electron chi connectivity index (χ4n) is 14.8. The molecule has 5 amide bonds. The number of ether oxygens (including phenoxy) is 15. The van der Waals surface area contributed by atoms with Gasteiger partial charge in [0, 0.05) is 47.5 Å². The molecule has 0 spiro atoms. The lowest BCUT2D eigenvalue weighted by molar-refractivity contribution is -0.388. The van der Waals surface area contributed by atoms with Gasteiger partial charge >= 0.3 is 11.9 Å². The van der Waals surface area contributed by atoms with Gasteiger partial charge in [-0.3, -0.25) is 24.0 Å². The van der Waals surface area contributed by atoms with Crippen molar-refractivity contribution in [2.45, 2.75) is 304 Å². The van der Waals surface area contributed by atoms with Gasteiger partial charge in [-0.25, -0.2) is 9.59 Å². The van der Waals surface area contributed by atoms with Crippen molar-refractivity contribution in [2.75, 3.05) is 52.9 Å². The molecule has 8 fully saturated rings. The van der Waals surface area contributed by atoms with Crippen LogP contribution in [0, 0.1) is 0 Å². The molecule has 8 aliphatic rings. The number of carbonyl (C=O) groups is 7. The van der Waals surface area contributed by atoms with Crippen LogP contribution >= 0.6 is 0 Å². The zero-order valence-electron chi connectivity index (χ0n) is 62.3. The molecule has 30 N–H and O–H groups in total. The molecule has 52 heteroatoms. The number of aliphatic carboxylic acids is 2. The van der Waals surface area contributed by atoms with Gasteiger partial charge in [-0.05, 0) is 0 Å². The first kappa shape index (κ1) is 96.2. The first-order valence-corrected chi connectivity index (χ1v) is 36.4. The normalized spacial score (nSPS) is 44.6. The summed E-state index contributed by atoms with van der Waals surface area (Å²) in [5, 5.41) is 288. The molecule has 1 unspecified atom stereocenters. The summed E-state index contributed by atoms with van der Waals surface area (Å²) in [6.07, 6.45) is -79.1. The Kier molecular flexibility index (Phi) is 34.1. The number of hydrogen-bond acceptors (Lipinski definition) is 45. The van der Waals surface area contributed by atoms with E-state index in [2.05, 4.69) is 26.6 Å². The smallest absolute Gasteiger partial charge is 0.364 e. The van der Waals surface area contributed by atoms with Crippen molar-refractivity contribution in [2.24, 2.45) is 0 Å². The van der Waals surface area contributed by atoms with Crippen LogP contribution in [0.4, 0.5) is 0 Å². The number of carboxylic acids is 2. The van der Waals surface area contributed by atoms with Crippen molar-refractivity contribution in [3.8, 4) is 0 Å². The lowest BCUT2D eigenvalue weighted by Gasteiger charge is -2.51. The van der Waals surface area contributed by atoms with Crippen LogP contribution in [0.15, 0.2) is 0 Å². The lowest BCUT2D eigenvalue weighted by Crippen LogP contribution is -2.71. The van der Waals surface area contributed by atoms with Crippen molar-refractivity contribution >= 4 is 41.5 Å². The molecule has 0 aliphatic carbocycles. The highest BCUT2D eigenvalue weighted by Crippen LogP contribution is 2.43. The highest BCUT2D eigenvalue weighted by atomic mass is 16.8. The molecule has 8 heterocycles. The second-order valence-electron chi connectivity index (χ2n) is 28.9. The Hall–Kier alpha value is -5.23. The Labute approximate surface area is 655 Å². The molecule has 116 heavy (non-hydrogen) atoms. The van der Waals surface area contributed by atoms with Crippen molar-refractivity contribution in [1.82, 2.24) is 26.6 Å². The third-order valence-electron chi connectivity index (χ3n) is 20.6. The average molecular weight is 1700 g/mol. The summed E-state index contributed by atoms with van der Waals surface area (Å²) in [6.45, 7) is -4.71. The maximum atomic E-state index is 13.2.